The highest BCUT2D eigenvalue weighted by atomic mass is 16.5. The van der Waals surface area contributed by atoms with Crippen LogP contribution >= 0.6 is 0 Å². The topological polar surface area (TPSA) is 86.0 Å². The first-order valence-electron chi connectivity index (χ1n) is 8.62. The van der Waals surface area contributed by atoms with Gasteiger partial charge in [-0.25, -0.2) is 9.97 Å². The molecule has 1 fully saturated rings. The van der Waals surface area contributed by atoms with E-state index in [0.717, 1.165) is 29.4 Å². The Morgan fingerprint density at radius 2 is 1.96 bits per heavy atom. The second-order valence-electron chi connectivity index (χ2n) is 6.45. The summed E-state index contributed by atoms with van der Waals surface area (Å²) in [5.41, 5.74) is 8.41. The van der Waals surface area contributed by atoms with Crippen LogP contribution in [-0.2, 0) is 0 Å². The summed E-state index contributed by atoms with van der Waals surface area (Å²) < 4.78 is 6.00. The number of aromatic nitrogens is 3. The van der Waals surface area contributed by atoms with E-state index in [4.69, 9.17) is 10.5 Å². The van der Waals surface area contributed by atoms with E-state index in [2.05, 4.69) is 20.3 Å². The van der Waals surface area contributed by atoms with Gasteiger partial charge in [-0.05, 0) is 31.9 Å². The maximum Gasteiger partial charge on any atom is 0.248 e. The fraction of sp³-hybridized carbons (Fsp3) is 0.316. The first kappa shape index (κ1) is 15.6. The summed E-state index contributed by atoms with van der Waals surface area (Å²) >= 11 is 0. The lowest BCUT2D eigenvalue weighted by atomic mass is 10.2. The Morgan fingerprint density at radius 3 is 2.80 bits per heavy atom. The summed E-state index contributed by atoms with van der Waals surface area (Å²) in [6.07, 6.45) is 6.26. The third kappa shape index (κ3) is 3.20. The number of hydrogen-bond donors (Lipinski definition) is 2. The maximum atomic E-state index is 6.25. The van der Waals surface area contributed by atoms with Crippen LogP contribution in [-0.4, -0.2) is 21.0 Å². The Morgan fingerprint density at radius 1 is 1.12 bits per heavy atom. The molecule has 0 radical (unpaired) electrons. The van der Waals surface area contributed by atoms with Crippen LogP contribution in [0.15, 0.2) is 36.7 Å². The van der Waals surface area contributed by atoms with Crippen LogP contribution in [0.4, 0.5) is 11.5 Å². The fourth-order valence-corrected chi connectivity index (χ4v) is 3.24. The van der Waals surface area contributed by atoms with E-state index in [0.29, 0.717) is 29.2 Å². The minimum atomic E-state index is 0.353. The van der Waals surface area contributed by atoms with Crippen molar-refractivity contribution < 1.29 is 4.74 Å². The minimum absolute atomic E-state index is 0.353. The molecule has 6 heteroatoms. The standard InChI is InChI=1S/C19H21N5O/c1-12-9-10-13-5-4-8-15(17(13)23-12)25-19-16(20)18(21-11-22-19)24-14-6-2-3-7-14/h4-5,8-11,14H,2-3,6-7,20H2,1H3,(H,21,22,24). The molecule has 0 saturated heterocycles. The van der Waals surface area contributed by atoms with Gasteiger partial charge in [-0.2, -0.15) is 4.98 Å². The first-order chi connectivity index (χ1) is 12.2. The lowest BCUT2D eigenvalue weighted by molar-refractivity contribution is 0.468. The molecule has 25 heavy (non-hydrogen) atoms. The Kier molecular flexibility index (Phi) is 4.09. The Hall–Kier alpha value is -2.89. The molecule has 3 N–H and O–H groups in total. The summed E-state index contributed by atoms with van der Waals surface area (Å²) in [7, 11) is 0. The van der Waals surface area contributed by atoms with Crippen molar-refractivity contribution in [3.63, 3.8) is 0 Å². The predicted molar refractivity (Wildman–Crippen MR) is 98.9 cm³/mol. The number of nitrogens with two attached hydrogens (primary N) is 1. The molecule has 6 nitrogen and oxygen atoms in total. The summed E-state index contributed by atoms with van der Waals surface area (Å²) in [5, 5.41) is 4.42. The molecule has 128 valence electrons. The molecule has 0 amide bonds. The van der Waals surface area contributed by atoms with Gasteiger partial charge in [-0.1, -0.05) is 31.0 Å². The molecule has 3 aromatic rings. The van der Waals surface area contributed by atoms with Gasteiger partial charge in [0, 0.05) is 17.1 Å². The lowest BCUT2D eigenvalue weighted by Crippen LogP contribution is -2.17. The van der Waals surface area contributed by atoms with E-state index in [-0.39, 0.29) is 0 Å². The highest BCUT2D eigenvalue weighted by Gasteiger charge is 2.18. The van der Waals surface area contributed by atoms with Crippen molar-refractivity contribution in [2.75, 3.05) is 11.1 Å². The molecule has 1 aromatic carbocycles. The highest BCUT2D eigenvalue weighted by molar-refractivity contribution is 5.85. The molecule has 1 aliphatic carbocycles. The van der Waals surface area contributed by atoms with Crippen LogP contribution in [0.1, 0.15) is 31.4 Å². The smallest absolute Gasteiger partial charge is 0.248 e. The van der Waals surface area contributed by atoms with Crippen molar-refractivity contribution >= 4 is 22.4 Å². The van der Waals surface area contributed by atoms with Gasteiger partial charge >= 0.3 is 0 Å². The number of pyridine rings is 1. The first-order valence-corrected chi connectivity index (χ1v) is 8.62. The van der Waals surface area contributed by atoms with Gasteiger partial charge in [0.25, 0.3) is 0 Å². The number of fused-ring (bicyclic) bond motifs is 1. The van der Waals surface area contributed by atoms with Gasteiger partial charge in [-0.3, -0.25) is 0 Å². The number of anilines is 2. The number of para-hydroxylation sites is 1. The molecule has 0 aliphatic heterocycles. The van der Waals surface area contributed by atoms with E-state index in [1.165, 1.54) is 19.2 Å². The average molecular weight is 335 g/mol. The maximum absolute atomic E-state index is 6.25. The van der Waals surface area contributed by atoms with Crippen LogP contribution in [0.3, 0.4) is 0 Å². The van der Waals surface area contributed by atoms with Crippen LogP contribution in [0.2, 0.25) is 0 Å². The third-order valence-corrected chi connectivity index (χ3v) is 4.57. The van der Waals surface area contributed by atoms with Gasteiger partial charge < -0.3 is 15.8 Å². The minimum Gasteiger partial charge on any atom is -0.435 e. The Labute approximate surface area is 146 Å². The van der Waals surface area contributed by atoms with E-state index >= 15 is 0 Å². The van der Waals surface area contributed by atoms with Gasteiger partial charge in [0.2, 0.25) is 5.88 Å². The van der Waals surface area contributed by atoms with Crippen LogP contribution < -0.4 is 15.8 Å². The summed E-state index contributed by atoms with van der Waals surface area (Å²) in [6.45, 7) is 1.96. The van der Waals surface area contributed by atoms with Crippen LogP contribution in [0, 0.1) is 6.92 Å². The molecule has 1 aliphatic rings. The fourth-order valence-electron chi connectivity index (χ4n) is 3.24. The predicted octanol–water partition coefficient (Wildman–Crippen LogP) is 4.06. The van der Waals surface area contributed by atoms with Crippen molar-refractivity contribution in [2.45, 2.75) is 38.6 Å². The number of nitrogens with zero attached hydrogens (tertiary/aromatic N) is 3. The highest BCUT2D eigenvalue weighted by Crippen LogP contribution is 2.34. The largest absolute Gasteiger partial charge is 0.435 e. The van der Waals surface area contributed by atoms with Crippen molar-refractivity contribution in [2.24, 2.45) is 0 Å². The van der Waals surface area contributed by atoms with Crippen molar-refractivity contribution in [1.82, 2.24) is 15.0 Å². The van der Waals surface area contributed by atoms with E-state index in [9.17, 15) is 0 Å². The second-order valence-corrected chi connectivity index (χ2v) is 6.45. The van der Waals surface area contributed by atoms with E-state index in [1.54, 1.807) is 0 Å². The normalized spacial score (nSPS) is 14.8. The van der Waals surface area contributed by atoms with Crippen LogP contribution in [0.25, 0.3) is 10.9 Å². The summed E-state index contributed by atoms with van der Waals surface area (Å²) in [4.78, 5) is 13.1. The van der Waals surface area contributed by atoms with Crippen LogP contribution in [0.5, 0.6) is 11.6 Å². The van der Waals surface area contributed by atoms with Crippen molar-refractivity contribution in [3.8, 4) is 11.6 Å². The molecular weight excluding hydrogens is 314 g/mol. The second kappa shape index (κ2) is 6.55. The molecule has 0 bridgehead atoms. The Bertz CT molecular complexity index is 905. The number of ether oxygens (including phenoxy) is 1. The van der Waals surface area contributed by atoms with Crippen molar-refractivity contribution in [1.29, 1.82) is 0 Å². The van der Waals surface area contributed by atoms with E-state index in [1.807, 2.05) is 37.3 Å². The molecule has 0 spiro atoms. The van der Waals surface area contributed by atoms with Gasteiger partial charge in [-0.15, -0.1) is 0 Å². The van der Waals surface area contributed by atoms with Gasteiger partial charge in [0.05, 0.1) is 0 Å². The zero-order valence-corrected chi connectivity index (χ0v) is 14.2. The molecular formula is C19H21N5O. The number of benzene rings is 1. The Balaban J connectivity index is 1.66. The average Bonchev–Trinajstić information content (AvgIpc) is 3.12. The van der Waals surface area contributed by atoms with Gasteiger partial charge in [0.1, 0.15) is 17.5 Å². The molecule has 2 aromatic heterocycles. The monoisotopic (exact) mass is 335 g/mol. The lowest BCUT2D eigenvalue weighted by Gasteiger charge is -2.16. The van der Waals surface area contributed by atoms with E-state index < -0.39 is 0 Å². The van der Waals surface area contributed by atoms with Gasteiger partial charge in [0.15, 0.2) is 11.6 Å². The molecule has 0 unspecified atom stereocenters. The molecule has 1 saturated carbocycles. The number of aryl methyl sites for hydroxylation is 1. The number of rotatable bonds is 4. The zero-order valence-electron chi connectivity index (χ0n) is 14.2. The number of nitrogen functional groups attached to an aromatic ring is 1. The third-order valence-electron chi connectivity index (χ3n) is 4.57. The number of nitrogens with one attached hydrogen (secondary N) is 1. The SMILES string of the molecule is Cc1ccc2cccc(Oc3ncnc(NC4CCCC4)c3N)c2n1. The molecule has 4 rings (SSSR count). The van der Waals surface area contributed by atoms with Crippen molar-refractivity contribution in [3.05, 3.63) is 42.4 Å². The summed E-state index contributed by atoms with van der Waals surface area (Å²) in [6, 6.07) is 10.2. The zero-order chi connectivity index (χ0) is 17.2. The number of hydrogen-bond acceptors (Lipinski definition) is 6. The molecule has 2 heterocycles. The summed E-state index contributed by atoms with van der Waals surface area (Å²) in [5.74, 6) is 1.63. The quantitative estimate of drug-likeness (QED) is 0.748. The molecule has 0 atom stereocenters.